The lowest BCUT2D eigenvalue weighted by Gasteiger charge is -2.14. The van der Waals surface area contributed by atoms with Crippen LogP contribution in [0.2, 0.25) is 0 Å². The summed E-state index contributed by atoms with van der Waals surface area (Å²) in [5.41, 5.74) is 0.986. The molecule has 78 valence electrons. The molecule has 0 saturated carbocycles. The molecule has 0 amide bonds. The highest BCUT2D eigenvalue weighted by atomic mass is 127. The van der Waals surface area contributed by atoms with Gasteiger partial charge < -0.3 is 9.05 Å². The van der Waals surface area contributed by atoms with Crippen molar-refractivity contribution in [3.63, 3.8) is 0 Å². The summed E-state index contributed by atoms with van der Waals surface area (Å²) in [6.45, 7) is 0. The second kappa shape index (κ2) is 5.26. The third-order valence-electron chi connectivity index (χ3n) is 1.88. The summed E-state index contributed by atoms with van der Waals surface area (Å²) in [5, 5.41) is 0. The zero-order chi connectivity index (χ0) is 10.6. The van der Waals surface area contributed by atoms with Crippen LogP contribution >= 0.6 is 30.2 Å². The fourth-order valence-electron chi connectivity index (χ4n) is 1.04. The predicted molar refractivity (Wildman–Crippen MR) is 64.5 cm³/mol. The van der Waals surface area contributed by atoms with Crippen LogP contribution in [0.1, 0.15) is 5.56 Å². The Bertz CT molecular complexity index is 346. The van der Waals surface area contributed by atoms with Crippen LogP contribution in [0.3, 0.4) is 0 Å². The maximum Gasteiger partial charge on any atom is 0.334 e. The van der Waals surface area contributed by atoms with E-state index in [9.17, 15) is 4.57 Å². The van der Waals surface area contributed by atoms with E-state index in [2.05, 4.69) is 22.6 Å². The quantitative estimate of drug-likeness (QED) is 0.629. The molecule has 0 saturated heterocycles. The van der Waals surface area contributed by atoms with Gasteiger partial charge in [0, 0.05) is 17.8 Å². The summed E-state index contributed by atoms with van der Waals surface area (Å²) in [6.07, 6.45) is 0.319. The minimum Gasteiger partial charge on any atom is -0.312 e. The molecule has 14 heavy (non-hydrogen) atoms. The second-order valence-electron chi connectivity index (χ2n) is 2.73. The van der Waals surface area contributed by atoms with Gasteiger partial charge >= 0.3 is 7.60 Å². The minimum atomic E-state index is -2.93. The summed E-state index contributed by atoms with van der Waals surface area (Å²) < 4.78 is 22.6. The van der Waals surface area contributed by atoms with Crippen LogP contribution in [0.15, 0.2) is 24.3 Å². The average molecular weight is 326 g/mol. The molecule has 0 atom stereocenters. The first-order chi connectivity index (χ1) is 6.61. The van der Waals surface area contributed by atoms with E-state index in [1.807, 2.05) is 24.3 Å². The number of hydrogen-bond acceptors (Lipinski definition) is 3. The first kappa shape index (κ1) is 12.2. The topological polar surface area (TPSA) is 35.5 Å². The van der Waals surface area contributed by atoms with Crippen LogP contribution in [0.4, 0.5) is 0 Å². The maximum absolute atomic E-state index is 11.8. The minimum absolute atomic E-state index is 0.319. The van der Waals surface area contributed by atoms with Gasteiger partial charge in [-0.3, -0.25) is 4.57 Å². The van der Waals surface area contributed by atoms with E-state index in [4.69, 9.17) is 9.05 Å². The monoisotopic (exact) mass is 326 g/mol. The van der Waals surface area contributed by atoms with E-state index in [0.29, 0.717) is 6.16 Å². The molecule has 0 radical (unpaired) electrons. The van der Waals surface area contributed by atoms with Crippen molar-refractivity contribution in [2.24, 2.45) is 0 Å². The van der Waals surface area contributed by atoms with Gasteiger partial charge in [0.2, 0.25) is 0 Å². The van der Waals surface area contributed by atoms with E-state index >= 15 is 0 Å². The van der Waals surface area contributed by atoms with Crippen molar-refractivity contribution in [3.8, 4) is 0 Å². The fraction of sp³-hybridized carbons (Fsp3) is 0.333. The van der Waals surface area contributed by atoms with Crippen LogP contribution in [-0.2, 0) is 19.8 Å². The lowest BCUT2D eigenvalue weighted by Crippen LogP contribution is -1.95. The normalized spacial score (nSPS) is 11.6. The van der Waals surface area contributed by atoms with Crippen molar-refractivity contribution in [1.82, 2.24) is 0 Å². The Hall–Kier alpha value is 0.1000. The maximum atomic E-state index is 11.8. The van der Waals surface area contributed by atoms with E-state index in [-0.39, 0.29) is 0 Å². The van der Waals surface area contributed by atoms with Gasteiger partial charge in [-0.2, -0.15) is 0 Å². The third-order valence-corrected chi connectivity index (χ3v) is 4.77. The Morgan fingerprint density at radius 3 is 2.36 bits per heavy atom. The Morgan fingerprint density at radius 2 is 1.86 bits per heavy atom. The standard InChI is InChI=1S/C9H12IO3P/c1-12-14(11,13-2)7-8-5-3-4-6-9(8)10/h3-6H,7H2,1-2H3. The predicted octanol–water partition coefficient (Wildman–Crippen LogP) is 3.28. The van der Waals surface area contributed by atoms with Gasteiger partial charge in [-0.15, -0.1) is 0 Å². The van der Waals surface area contributed by atoms with Gasteiger partial charge in [-0.25, -0.2) is 0 Å². The first-order valence-electron chi connectivity index (χ1n) is 4.05. The van der Waals surface area contributed by atoms with E-state index in [1.54, 1.807) is 0 Å². The van der Waals surface area contributed by atoms with Gasteiger partial charge in [-0.1, -0.05) is 18.2 Å². The molecule has 0 unspecified atom stereocenters. The Kier molecular flexibility index (Phi) is 4.57. The molecule has 0 aliphatic heterocycles. The second-order valence-corrected chi connectivity index (χ2v) is 6.16. The molecule has 1 aromatic carbocycles. The zero-order valence-electron chi connectivity index (χ0n) is 8.07. The summed E-state index contributed by atoms with van der Waals surface area (Å²) >= 11 is 2.20. The van der Waals surface area contributed by atoms with Crippen molar-refractivity contribution >= 4 is 30.2 Å². The van der Waals surface area contributed by atoms with Gasteiger partial charge in [0.05, 0.1) is 6.16 Å². The van der Waals surface area contributed by atoms with Gasteiger partial charge in [-0.05, 0) is 34.2 Å². The summed E-state index contributed by atoms with van der Waals surface area (Å²) in [7, 11) is -0.129. The summed E-state index contributed by atoms with van der Waals surface area (Å²) in [4.78, 5) is 0. The summed E-state index contributed by atoms with van der Waals surface area (Å²) in [6, 6.07) is 7.74. The van der Waals surface area contributed by atoms with Gasteiger partial charge in [0.15, 0.2) is 0 Å². The van der Waals surface area contributed by atoms with E-state index < -0.39 is 7.60 Å². The lowest BCUT2D eigenvalue weighted by atomic mass is 10.2. The molecule has 0 aliphatic carbocycles. The molecule has 0 bridgehead atoms. The van der Waals surface area contributed by atoms with E-state index in [0.717, 1.165) is 9.13 Å². The summed E-state index contributed by atoms with van der Waals surface area (Å²) in [5.74, 6) is 0. The molecule has 0 aromatic heterocycles. The number of benzene rings is 1. The molecule has 5 heteroatoms. The highest BCUT2D eigenvalue weighted by Crippen LogP contribution is 2.50. The molecule has 1 aromatic rings. The van der Waals surface area contributed by atoms with Crippen molar-refractivity contribution < 1.29 is 13.6 Å². The number of hydrogen-bond donors (Lipinski definition) is 0. The molecule has 0 heterocycles. The van der Waals surface area contributed by atoms with Crippen LogP contribution < -0.4 is 0 Å². The molecule has 0 N–H and O–H groups in total. The molecule has 0 fully saturated rings. The molecular formula is C9H12IO3P. The van der Waals surface area contributed by atoms with Crippen LogP contribution in [0, 0.1) is 3.57 Å². The molecule has 1 rings (SSSR count). The van der Waals surface area contributed by atoms with Gasteiger partial charge in [0.1, 0.15) is 0 Å². The lowest BCUT2D eigenvalue weighted by molar-refractivity contribution is 0.274. The van der Waals surface area contributed by atoms with Crippen LogP contribution in [0.25, 0.3) is 0 Å². The van der Waals surface area contributed by atoms with Crippen LogP contribution in [0.5, 0.6) is 0 Å². The number of rotatable bonds is 4. The van der Waals surface area contributed by atoms with Crippen LogP contribution in [-0.4, -0.2) is 14.2 Å². The van der Waals surface area contributed by atoms with Crippen molar-refractivity contribution in [3.05, 3.63) is 33.4 Å². The molecule has 0 aliphatic rings. The molecular weight excluding hydrogens is 314 g/mol. The Labute approximate surface area is 97.5 Å². The average Bonchev–Trinajstić information content (AvgIpc) is 2.21. The Morgan fingerprint density at radius 1 is 1.29 bits per heavy atom. The van der Waals surface area contributed by atoms with E-state index in [1.165, 1.54) is 14.2 Å². The molecule has 0 spiro atoms. The smallest absolute Gasteiger partial charge is 0.312 e. The zero-order valence-corrected chi connectivity index (χ0v) is 11.1. The molecule has 3 nitrogen and oxygen atoms in total. The van der Waals surface area contributed by atoms with Gasteiger partial charge in [0.25, 0.3) is 0 Å². The third kappa shape index (κ3) is 3.05. The highest BCUT2D eigenvalue weighted by molar-refractivity contribution is 14.1. The van der Waals surface area contributed by atoms with Crippen molar-refractivity contribution in [2.45, 2.75) is 6.16 Å². The van der Waals surface area contributed by atoms with Crippen molar-refractivity contribution in [2.75, 3.05) is 14.2 Å². The SMILES string of the molecule is COP(=O)(Cc1ccccc1I)OC. The highest BCUT2D eigenvalue weighted by Gasteiger charge is 2.22. The fourth-order valence-corrected chi connectivity index (χ4v) is 3.02. The largest absolute Gasteiger partial charge is 0.334 e. The number of halogens is 1. The Balaban J connectivity index is 2.88. The van der Waals surface area contributed by atoms with Crippen molar-refractivity contribution in [1.29, 1.82) is 0 Å². The first-order valence-corrected chi connectivity index (χ1v) is 6.86.